The van der Waals surface area contributed by atoms with Gasteiger partial charge in [-0.25, -0.2) is 0 Å². The molecule has 0 aromatic carbocycles. The van der Waals surface area contributed by atoms with Crippen LogP contribution in [0.25, 0.3) is 4.96 Å². The summed E-state index contributed by atoms with van der Waals surface area (Å²) >= 11 is 1.22. The molecular weight excluding hydrogens is 304 g/mol. The largest absolute Gasteiger partial charge is 0.492 e. The van der Waals surface area contributed by atoms with Gasteiger partial charge in [-0.3, -0.25) is 19.0 Å². The smallest absolute Gasteiger partial charge is 0.275 e. The van der Waals surface area contributed by atoms with Crippen LogP contribution >= 0.6 is 11.3 Å². The fraction of sp³-hybridized carbons (Fsp3) is 0.143. The second kappa shape index (κ2) is 5.57. The zero-order valence-corrected chi connectivity index (χ0v) is 12.4. The fourth-order valence-corrected chi connectivity index (χ4v) is 2.89. The van der Waals surface area contributed by atoms with Crippen molar-refractivity contribution >= 4 is 22.2 Å². The second-order valence-electron chi connectivity index (χ2n) is 4.61. The molecule has 1 amide bonds. The Kier molecular flexibility index (Phi) is 3.60. The lowest BCUT2D eigenvalue weighted by molar-refractivity contribution is 0.0945. The van der Waals surface area contributed by atoms with Gasteiger partial charge < -0.3 is 10.4 Å². The van der Waals surface area contributed by atoms with E-state index < -0.39 is 17.3 Å². The molecule has 0 unspecified atom stereocenters. The number of pyridine rings is 1. The molecule has 0 aliphatic heterocycles. The lowest BCUT2D eigenvalue weighted by atomic mass is 10.2. The minimum atomic E-state index is -0.680. The van der Waals surface area contributed by atoms with Gasteiger partial charge in [-0.2, -0.15) is 4.98 Å². The number of carbonyl (C=O) groups is 1. The number of fused-ring (bicyclic) bond motifs is 1. The molecular formula is C14H12N4O3S. The normalized spacial score (nSPS) is 10.8. The van der Waals surface area contributed by atoms with Crippen molar-refractivity contribution in [3.8, 4) is 5.88 Å². The number of aromatic hydroxyl groups is 1. The molecule has 0 radical (unpaired) electrons. The van der Waals surface area contributed by atoms with Crippen LogP contribution in [0.1, 0.15) is 21.7 Å². The number of aryl methyl sites for hydroxylation is 1. The lowest BCUT2D eigenvalue weighted by Crippen LogP contribution is -2.31. The quantitative estimate of drug-likeness (QED) is 0.754. The Hall–Kier alpha value is -2.74. The first kappa shape index (κ1) is 14.2. The fourth-order valence-electron chi connectivity index (χ4n) is 2.03. The number of hydrogen-bond donors (Lipinski definition) is 2. The van der Waals surface area contributed by atoms with E-state index in [0.29, 0.717) is 16.3 Å². The lowest BCUT2D eigenvalue weighted by Gasteiger charge is -2.06. The molecule has 22 heavy (non-hydrogen) atoms. The molecule has 0 spiro atoms. The molecule has 0 bridgehead atoms. The Morgan fingerprint density at radius 1 is 1.45 bits per heavy atom. The molecule has 8 heteroatoms. The number of thiazole rings is 1. The van der Waals surface area contributed by atoms with Crippen LogP contribution in [0.5, 0.6) is 5.88 Å². The number of rotatable bonds is 3. The molecule has 0 aliphatic carbocycles. The topological polar surface area (TPSA) is 96.6 Å². The average Bonchev–Trinajstić information content (AvgIpc) is 2.87. The predicted octanol–water partition coefficient (Wildman–Crippen LogP) is 1.10. The Morgan fingerprint density at radius 2 is 2.27 bits per heavy atom. The van der Waals surface area contributed by atoms with E-state index in [1.807, 2.05) is 0 Å². The number of amides is 1. The van der Waals surface area contributed by atoms with Gasteiger partial charge in [-0.05, 0) is 19.1 Å². The molecule has 0 fully saturated rings. The summed E-state index contributed by atoms with van der Waals surface area (Å²) in [5, 5.41) is 14.2. The third-order valence-electron chi connectivity index (χ3n) is 3.10. The summed E-state index contributed by atoms with van der Waals surface area (Å²) in [6, 6.07) is 5.31. The highest BCUT2D eigenvalue weighted by molar-refractivity contribution is 7.15. The first-order valence-corrected chi connectivity index (χ1v) is 7.34. The van der Waals surface area contributed by atoms with Gasteiger partial charge in [0.15, 0.2) is 10.5 Å². The van der Waals surface area contributed by atoms with E-state index in [1.165, 1.54) is 15.7 Å². The number of carbonyl (C=O) groups excluding carboxylic acids is 1. The standard InChI is InChI=1S/C14H12N4O3S/c1-8-7-22-14-17-12(20)10(13(21)18(8)14)11(19)16-6-9-4-2-3-5-15-9/h2-5,7,20H,6H2,1H3,(H,16,19). The Morgan fingerprint density at radius 3 is 3.00 bits per heavy atom. The van der Waals surface area contributed by atoms with Crippen molar-refractivity contribution < 1.29 is 9.90 Å². The van der Waals surface area contributed by atoms with Gasteiger partial charge in [0.05, 0.1) is 12.2 Å². The first-order chi connectivity index (χ1) is 10.6. The van der Waals surface area contributed by atoms with E-state index in [4.69, 9.17) is 0 Å². The van der Waals surface area contributed by atoms with Crippen molar-refractivity contribution in [1.82, 2.24) is 19.7 Å². The number of hydrogen-bond acceptors (Lipinski definition) is 6. The van der Waals surface area contributed by atoms with Gasteiger partial charge in [-0.1, -0.05) is 6.07 Å². The summed E-state index contributed by atoms with van der Waals surface area (Å²) in [5.74, 6) is -1.24. The highest BCUT2D eigenvalue weighted by atomic mass is 32.1. The SMILES string of the molecule is Cc1csc2nc(O)c(C(=O)NCc3ccccn3)c(=O)n12. The minimum Gasteiger partial charge on any atom is -0.492 e. The molecule has 7 nitrogen and oxygen atoms in total. The van der Waals surface area contributed by atoms with Gasteiger partial charge in [-0.15, -0.1) is 11.3 Å². The maximum Gasteiger partial charge on any atom is 0.275 e. The third-order valence-corrected chi connectivity index (χ3v) is 4.05. The second-order valence-corrected chi connectivity index (χ2v) is 5.45. The van der Waals surface area contributed by atoms with Crippen molar-refractivity contribution in [3.05, 3.63) is 57.1 Å². The van der Waals surface area contributed by atoms with Crippen LogP contribution in [-0.4, -0.2) is 25.4 Å². The molecule has 0 aliphatic rings. The third kappa shape index (κ3) is 2.44. The van der Waals surface area contributed by atoms with Crippen LogP contribution in [0.3, 0.4) is 0 Å². The maximum atomic E-state index is 12.4. The van der Waals surface area contributed by atoms with Crippen LogP contribution < -0.4 is 10.9 Å². The van der Waals surface area contributed by atoms with Crippen molar-refractivity contribution in [1.29, 1.82) is 0 Å². The summed E-state index contributed by atoms with van der Waals surface area (Å²) in [6.07, 6.45) is 1.61. The van der Waals surface area contributed by atoms with Crippen LogP contribution in [0.15, 0.2) is 34.6 Å². The zero-order chi connectivity index (χ0) is 15.7. The van der Waals surface area contributed by atoms with E-state index in [0.717, 1.165) is 0 Å². The van der Waals surface area contributed by atoms with Crippen molar-refractivity contribution in [2.24, 2.45) is 0 Å². The summed E-state index contributed by atoms with van der Waals surface area (Å²) < 4.78 is 1.31. The molecule has 112 valence electrons. The van der Waals surface area contributed by atoms with Crippen molar-refractivity contribution in [3.63, 3.8) is 0 Å². The predicted molar refractivity (Wildman–Crippen MR) is 81.1 cm³/mol. The molecule has 3 heterocycles. The van der Waals surface area contributed by atoms with Crippen LogP contribution in [0.4, 0.5) is 0 Å². The van der Waals surface area contributed by atoms with E-state index in [2.05, 4.69) is 15.3 Å². The Labute approximate surface area is 128 Å². The zero-order valence-electron chi connectivity index (χ0n) is 11.6. The van der Waals surface area contributed by atoms with Gasteiger partial charge in [0.2, 0.25) is 5.88 Å². The minimum absolute atomic E-state index is 0.157. The monoisotopic (exact) mass is 316 g/mol. The Balaban J connectivity index is 1.94. The summed E-state index contributed by atoms with van der Waals surface area (Å²) in [4.78, 5) is 32.9. The molecule has 0 atom stereocenters. The van der Waals surface area contributed by atoms with Crippen molar-refractivity contribution in [2.45, 2.75) is 13.5 Å². The maximum absolute atomic E-state index is 12.4. The van der Waals surface area contributed by atoms with Gasteiger partial charge in [0, 0.05) is 17.3 Å². The van der Waals surface area contributed by atoms with E-state index in [1.54, 1.807) is 36.7 Å². The molecule has 2 N–H and O–H groups in total. The summed E-state index contributed by atoms with van der Waals surface area (Å²) in [7, 11) is 0. The summed E-state index contributed by atoms with van der Waals surface area (Å²) in [5.41, 5.74) is 0.363. The van der Waals surface area contributed by atoms with Crippen LogP contribution in [0, 0.1) is 6.92 Å². The van der Waals surface area contributed by atoms with Crippen LogP contribution in [-0.2, 0) is 6.54 Å². The van der Waals surface area contributed by atoms with E-state index >= 15 is 0 Å². The molecule has 3 rings (SSSR count). The van der Waals surface area contributed by atoms with Gasteiger partial charge >= 0.3 is 0 Å². The summed E-state index contributed by atoms with van der Waals surface area (Å²) in [6.45, 7) is 1.89. The number of nitrogens with one attached hydrogen (secondary N) is 1. The highest BCUT2D eigenvalue weighted by Gasteiger charge is 2.21. The molecule has 3 aromatic heterocycles. The van der Waals surface area contributed by atoms with Crippen LogP contribution in [0.2, 0.25) is 0 Å². The van der Waals surface area contributed by atoms with Crippen molar-refractivity contribution in [2.75, 3.05) is 0 Å². The van der Waals surface area contributed by atoms with Gasteiger partial charge in [0.1, 0.15) is 0 Å². The van der Waals surface area contributed by atoms with E-state index in [-0.39, 0.29) is 12.1 Å². The van der Waals surface area contributed by atoms with Gasteiger partial charge in [0.25, 0.3) is 11.5 Å². The molecule has 0 saturated heterocycles. The molecule has 0 saturated carbocycles. The number of aromatic nitrogens is 3. The average molecular weight is 316 g/mol. The highest BCUT2D eigenvalue weighted by Crippen LogP contribution is 2.17. The first-order valence-electron chi connectivity index (χ1n) is 6.46. The molecule has 3 aromatic rings. The Bertz CT molecular complexity index is 902. The number of nitrogens with zero attached hydrogens (tertiary/aromatic N) is 3. The van der Waals surface area contributed by atoms with E-state index in [9.17, 15) is 14.7 Å².